The van der Waals surface area contributed by atoms with Crippen molar-refractivity contribution in [3.8, 4) is 0 Å². The second-order valence-corrected chi connectivity index (χ2v) is 5.94. The van der Waals surface area contributed by atoms with Crippen LogP contribution in [0.4, 0.5) is 14.5 Å². The quantitative estimate of drug-likeness (QED) is 0.449. The molecular formula is C16H23F2IN4. The van der Waals surface area contributed by atoms with Crippen LogP contribution < -0.4 is 10.2 Å². The van der Waals surface area contributed by atoms with Gasteiger partial charge in [0.25, 0.3) is 0 Å². The first kappa shape index (κ1) is 18.2. The number of nitrogens with zero attached hydrogens (tertiary/aromatic N) is 3. The topological polar surface area (TPSA) is 30.9 Å². The van der Waals surface area contributed by atoms with Crippen LogP contribution in [-0.2, 0) is 0 Å². The number of halogens is 3. The maximum absolute atomic E-state index is 13.8. The molecule has 4 nitrogen and oxygen atoms in total. The number of rotatable bonds is 3. The first-order chi connectivity index (χ1) is 10.7. The number of aliphatic imine (C=N–C) groups is 1. The maximum atomic E-state index is 13.8. The first-order valence-corrected chi connectivity index (χ1v) is 7.83. The summed E-state index contributed by atoms with van der Waals surface area (Å²) in [4.78, 5) is 8.39. The molecular weight excluding hydrogens is 413 g/mol. The molecule has 0 atom stereocenters. The van der Waals surface area contributed by atoms with Crippen LogP contribution in [0.2, 0.25) is 0 Å². The normalized spacial score (nSPS) is 18.7. The van der Waals surface area contributed by atoms with Crippen LogP contribution >= 0.6 is 24.0 Å². The van der Waals surface area contributed by atoms with Crippen molar-refractivity contribution in [2.75, 3.05) is 44.7 Å². The molecule has 1 N–H and O–H groups in total. The zero-order chi connectivity index (χ0) is 15.5. The van der Waals surface area contributed by atoms with E-state index in [1.165, 1.54) is 25.0 Å². The molecule has 1 aliphatic carbocycles. The molecule has 1 aliphatic heterocycles. The Morgan fingerprint density at radius 3 is 2.52 bits per heavy atom. The van der Waals surface area contributed by atoms with E-state index in [-0.39, 0.29) is 29.8 Å². The molecule has 1 aromatic carbocycles. The molecule has 2 aliphatic rings. The summed E-state index contributed by atoms with van der Waals surface area (Å²) in [6.45, 7) is 3.79. The second kappa shape index (κ2) is 8.12. The van der Waals surface area contributed by atoms with Crippen molar-refractivity contribution in [1.29, 1.82) is 0 Å². The lowest BCUT2D eigenvalue weighted by atomic mass is 10.2. The average Bonchev–Trinajstić information content (AvgIpc) is 3.35. The van der Waals surface area contributed by atoms with Gasteiger partial charge in [-0.05, 0) is 30.9 Å². The molecule has 0 spiro atoms. The zero-order valence-corrected chi connectivity index (χ0v) is 15.6. The predicted molar refractivity (Wildman–Crippen MR) is 99.6 cm³/mol. The lowest BCUT2D eigenvalue weighted by Crippen LogP contribution is -2.53. The minimum Gasteiger partial charge on any atom is -0.366 e. The molecule has 0 bridgehead atoms. The van der Waals surface area contributed by atoms with Crippen LogP contribution in [0.15, 0.2) is 23.2 Å². The van der Waals surface area contributed by atoms with Crippen molar-refractivity contribution in [2.24, 2.45) is 10.9 Å². The fourth-order valence-corrected chi connectivity index (χ4v) is 2.78. The van der Waals surface area contributed by atoms with Crippen LogP contribution in [0.1, 0.15) is 12.8 Å². The molecule has 1 aromatic rings. The lowest BCUT2D eigenvalue weighted by Gasteiger charge is -2.37. The Morgan fingerprint density at radius 2 is 1.91 bits per heavy atom. The van der Waals surface area contributed by atoms with Gasteiger partial charge in [0.1, 0.15) is 11.6 Å². The van der Waals surface area contributed by atoms with E-state index in [1.807, 2.05) is 4.90 Å². The lowest BCUT2D eigenvalue weighted by molar-refractivity contribution is 0.370. The summed E-state index contributed by atoms with van der Waals surface area (Å²) >= 11 is 0. The maximum Gasteiger partial charge on any atom is 0.193 e. The first-order valence-electron chi connectivity index (χ1n) is 7.83. The number of hydrogen-bond donors (Lipinski definition) is 1. The molecule has 2 fully saturated rings. The molecule has 7 heteroatoms. The molecule has 0 aromatic heterocycles. The smallest absolute Gasteiger partial charge is 0.193 e. The standard InChI is InChI=1S/C16H22F2N4.HI/c1-19-16(20-11-12-2-3-12)22-8-6-21(7-9-22)15-10-13(17)4-5-14(15)18;/h4-5,10,12H,2-3,6-9,11H2,1H3,(H,19,20);1H. The van der Waals surface area contributed by atoms with Gasteiger partial charge in [0.2, 0.25) is 0 Å². The number of benzene rings is 1. The highest BCUT2D eigenvalue weighted by Gasteiger charge is 2.25. The largest absolute Gasteiger partial charge is 0.366 e. The van der Waals surface area contributed by atoms with Gasteiger partial charge in [0.15, 0.2) is 5.96 Å². The van der Waals surface area contributed by atoms with Crippen molar-refractivity contribution in [1.82, 2.24) is 10.2 Å². The van der Waals surface area contributed by atoms with E-state index in [0.29, 0.717) is 18.8 Å². The second-order valence-electron chi connectivity index (χ2n) is 5.94. The van der Waals surface area contributed by atoms with Gasteiger partial charge >= 0.3 is 0 Å². The Hall–Kier alpha value is -1.12. The molecule has 3 rings (SSSR count). The Balaban J connectivity index is 0.00000192. The summed E-state index contributed by atoms with van der Waals surface area (Å²) in [5.74, 6) is 0.928. The fourth-order valence-electron chi connectivity index (χ4n) is 2.78. The molecule has 0 radical (unpaired) electrons. The fraction of sp³-hybridized carbons (Fsp3) is 0.562. The SMILES string of the molecule is CN=C(NCC1CC1)N1CCN(c2cc(F)ccc2F)CC1.I. The van der Waals surface area contributed by atoms with Gasteiger partial charge < -0.3 is 15.1 Å². The van der Waals surface area contributed by atoms with Gasteiger partial charge in [-0.1, -0.05) is 0 Å². The third-order valence-electron chi connectivity index (χ3n) is 4.29. The summed E-state index contributed by atoms with van der Waals surface area (Å²) in [7, 11) is 1.79. The van der Waals surface area contributed by atoms with E-state index in [2.05, 4.69) is 15.2 Å². The molecule has 0 unspecified atom stereocenters. The Kier molecular flexibility index (Phi) is 6.43. The Morgan fingerprint density at radius 1 is 1.22 bits per heavy atom. The van der Waals surface area contributed by atoms with E-state index in [4.69, 9.17) is 0 Å². The number of nitrogens with one attached hydrogen (secondary N) is 1. The predicted octanol–water partition coefficient (Wildman–Crippen LogP) is 2.69. The zero-order valence-electron chi connectivity index (χ0n) is 13.3. The average molecular weight is 436 g/mol. The monoisotopic (exact) mass is 436 g/mol. The van der Waals surface area contributed by atoms with Crippen molar-refractivity contribution >= 4 is 35.6 Å². The highest BCUT2D eigenvalue weighted by atomic mass is 127. The summed E-state index contributed by atoms with van der Waals surface area (Å²) < 4.78 is 27.1. The van der Waals surface area contributed by atoms with E-state index < -0.39 is 5.82 Å². The van der Waals surface area contributed by atoms with Crippen molar-refractivity contribution in [3.63, 3.8) is 0 Å². The summed E-state index contributed by atoms with van der Waals surface area (Å²) in [5.41, 5.74) is 0.348. The van der Waals surface area contributed by atoms with Gasteiger partial charge in [-0.2, -0.15) is 0 Å². The summed E-state index contributed by atoms with van der Waals surface area (Å²) in [5, 5.41) is 3.40. The van der Waals surface area contributed by atoms with Crippen LogP contribution in [0.25, 0.3) is 0 Å². The molecule has 128 valence electrons. The van der Waals surface area contributed by atoms with E-state index in [1.54, 1.807) is 7.05 Å². The Labute approximate surface area is 153 Å². The van der Waals surface area contributed by atoms with E-state index >= 15 is 0 Å². The number of anilines is 1. The highest BCUT2D eigenvalue weighted by molar-refractivity contribution is 14.0. The third kappa shape index (κ3) is 4.68. The number of guanidine groups is 1. The molecule has 1 heterocycles. The molecule has 1 saturated heterocycles. The van der Waals surface area contributed by atoms with Gasteiger partial charge in [0, 0.05) is 45.8 Å². The molecule has 0 amide bonds. The number of piperazine rings is 1. The Bertz CT molecular complexity index is 555. The van der Waals surface area contributed by atoms with E-state index in [0.717, 1.165) is 37.6 Å². The van der Waals surface area contributed by atoms with Crippen LogP contribution in [0, 0.1) is 17.6 Å². The number of hydrogen-bond acceptors (Lipinski definition) is 2. The van der Waals surface area contributed by atoms with Gasteiger partial charge in [0.05, 0.1) is 5.69 Å². The highest BCUT2D eigenvalue weighted by Crippen LogP contribution is 2.27. The van der Waals surface area contributed by atoms with E-state index in [9.17, 15) is 8.78 Å². The van der Waals surface area contributed by atoms with Crippen LogP contribution in [0.3, 0.4) is 0 Å². The van der Waals surface area contributed by atoms with Gasteiger partial charge in [-0.3, -0.25) is 4.99 Å². The van der Waals surface area contributed by atoms with Crippen molar-refractivity contribution < 1.29 is 8.78 Å². The van der Waals surface area contributed by atoms with Crippen LogP contribution in [-0.4, -0.2) is 50.6 Å². The minimum atomic E-state index is -0.402. The summed E-state index contributed by atoms with van der Waals surface area (Å²) in [6.07, 6.45) is 2.60. The van der Waals surface area contributed by atoms with Gasteiger partial charge in [-0.25, -0.2) is 8.78 Å². The molecule has 23 heavy (non-hydrogen) atoms. The van der Waals surface area contributed by atoms with Crippen molar-refractivity contribution in [2.45, 2.75) is 12.8 Å². The van der Waals surface area contributed by atoms with Crippen molar-refractivity contribution in [3.05, 3.63) is 29.8 Å². The van der Waals surface area contributed by atoms with Gasteiger partial charge in [-0.15, -0.1) is 24.0 Å². The molecule has 1 saturated carbocycles. The summed E-state index contributed by atoms with van der Waals surface area (Å²) in [6, 6.07) is 3.61. The minimum absolute atomic E-state index is 0. The van der Waals surface area contributed by atoms with Crippen LogP contribution in [0.5, 0.6) is 0 Å². The third-order valence-corrected chi connectivity index (χ3v) is 4.29.